The molecular formula is C17H16Cl2F2N2O3S. The summed E-state index contributed by atoms with van der Waals surface area (Å²) in [6, 6.07) is 7.29. The van der Waals surface area contributed by atoms with Crippen LogP contribution in [0.15, 0.2) is 41.3 Å². The third kappa shape index (κ3) is 6.42. The maximum atomic E-state index is 13.1. The lowest BCUT2D eigenvalue weighted by Gasteiger charge is -2.09. The van der Waals surface area contributed by atoms with Crippen molar-refractivity contribution in [3.8, 4) is 0 Å². The van der Waals surface area contributed by atoms with E-state index >= 15 is 0 Å². The van der Waals surface area contributed by atoms with E-state index in [1.165, 1.54) is 0 Å². The van der Waals surface area contributed by atoms with Crippen molar-refractivity contribution in [3.63, 3.8) is 0 Å². The first-order valence-corrected chi connectivity index (χ1v) is 10.1. The number of hydrogen-bond acceptors (Lipinski definition) is 3. The Hall–Kier alpha value is -1.74. The van der Waals surface area contributed by atoms with E-state index in [0.717, 1.165) is 17.7 Å². The Morgan fingerprint density at radius 3 is 2.41 bits per heavy atom. The second-order valence-corrected chi connectivity index (χ2v) is 8.17. The van der Waals surface area contributed by atoms with Gasteiger partial charge in [0.1, 0.15) is 0 Å². The first kappa shape index (κ1) is 21.6. The van der Waals surface area contributed by atoms with Gasteiger partial charge in [0.2, 0.25) is 15.9 Å². The fraction of sp³-hybridized carbons (Fsp3) is 0.235. The molecule has 2 aromatic carbocycles. The second kappa shape index (κ2) is 9.45. The third-order valence-electron chi connectivity index (χ3n) is 3.58. The molecule has 0 fully saturated rings. The van der Waals surface area contributed by atoms with E-state index in [9.17, 15) is 22.0 Å². The Morgan fingerprint density at radius 1 is 1.00 bits per heavy atom. The number of nitrogens with one attached hydrogen (secondary N) is 2. The number of carbonyl (C=O) groups excluding carboxylic acids is 1. The minimum atomic E-state index is -4.04. The zero-order valence-corrected chi connectivity index (χ0v) is 16.3. The highest BCUT2D eigenvalue weighted by Crippen LogP contribution is 2.21. The van der Waals surface area contributed by atoms with Gasteiger partial charge in [0, 0.05) is 29.6 Å². The number of halogens is 4. The number of amides is 1. The zero-order chi connectivity index (χ0) is 20.0. The molecule has 0 saturated carbocycles. The van der Waals surface area contributed by atoms with Gasteiger partial charge in [-0.3, -0.25) is 4.79 Å². The van der Waals surface area contributed by atoms with E-state index in [-0.39, 0.29) is 18.9 Å². The molecule has 0 atom stereocenters. The van der Waals surface area contributed by atoms with Gasteiger partial charge in [-0.15, -0.1) is 0 Å². The topological polar surface area (TPSA) is 75.3 Å². The van der Waals surface area contributed by atoms with Crippen LogP contribution >= 0.6 is 23.2 Å². The van der Waals surface area contributed by atoms with Gasteiger partial charge < -0.3 is 5.32 Å². The number of hydrogen-bond donors (Lipinski definition) is 2. The van der Waals surface area contributed by atoms with Crippen LogP contribution in [0.2, 0.25) is 10.0 Å². The molecule has 0 aliphatic heterocycles. The van der Waals surface area contributed by atoms with Crippen molar-refractivity contribution in [1.82, 2.24) is 10.0 Å². The lowest BCUT2D eigenvalue weighted by molar-refractivity contribution is -0.120. The molecular weight excluding hydrogens is 421 g/mol. The van der Waals surface area contributed by atoms with E-state index in [1.807, 2.05) is 0 Å². The smallest absolute Gasteiger partial charge is 0.240 e. The Labute approximate surface area is 165 Å². The van der Waals surface area contributed by atoms with Crippen LogP contribution in [0.25, 0.3) is 0 Å². The summed E-state index contributed by atoms with van der Waals surface area (Å²) in [5, 5.41) is 3.65. The molecule has 2 N–H and O–H groups in total. The van der Waals surface area contributed by atoms with Crippen LogP contribution in [0.3, 0.4) is 0 Å². The van der Waals surface area contributed by atoms with E-state index in [4.69, 9.17) is 23.2 Å². The van der Waals surface area contributed by atoms with Crippen LogP contribution in [0.1, 0.15) is 12.0 Å². The molecule has 5 nitrogen and oxygen atoms in total. The summed E-state index contributed by atoms with van der Waals surface area (Å²) < 4.78 is 52.1. The molecule has 0 heterocycles. The van der Waals surface area contributed by atoms with E-state index < -0.39 is 26.6 Å². The van der Waals surface area contributed by atoms with Crippen LogP contribution in [0.4, 0.5) is 8.78 Å². The first-order chi connectivity index (χ1) is 12.7. The highest BCUT2D eigenvalue weighted by molar-refractivity contribution is 7.89. The lowest BCUT2D eigenvalue weighted by atomic mass is 10.1. The highest BCUT2D eigenvalue weighted by Gasteiger charge is 2.16. The zero-order valence-electron chi connectivity index (χ0n) is 13.9. The van der Waals surface area contributed by atoms with Crippen LogP contribution in [-0.4, -0.2) is 27.4 Å². The lowest BCUT2D eigenvalue weighted by Crippen LogP contribution is -2.31. The van der Waals surface area contributed by atoms with Gasteiger partial charge in [0.15, 0.2) is 11.6 Å². The number of carbonyl (C=O) groups is 1. The monoisotopic (exact) mass is 436 g/mol. The van der Waals surface area contributed by atoms with E-state index in [0.29, 0.717) is 29.1 Å². The van der Waals surface area contributed by atoms with Crippen molar-refractivity contribution in [2.75, 3.05) is 13.1 Å². The van der Waals surface area contributed by atoms with Gasteiger partial charge in [-0.05, 0) is 42.3 Å². The number of rotatable bonds is 8. The predicted octanol–water partition coefficient (Wildman–Crippen LogP) is 3.30. The summed E-state index contributed by atoms with van der Waals surface area (Å²) in [7, 11) is -4.04. The van der Waals surface area contributed by atoms with E-state index in [2.05, 4.69) is 10.0 Å². The van der Waals surface area contributed by atoms with Crippen molar-refractivity contribution in [2.45, 2.75) is 17.7 Å². The SMILES string of the molecule is O=C(CCNS(=O)(=O)c1ccc(F)c(F)c1)NCCc1ccc(Cl)cc1Cl. The van der Waals surface area contributed by atoms with Crippen LogP contribution in [-0.2, 0) is 21.2 Å². The maximum absolute atomic E-state index is 13.1. The van der Waals surface area contributed by atoms with Crippen molar-refractivity contribution >= 4 is 39.1 Å². The summed E-state index contributed by atoms with van der Waals surface area (Å²) in [6.07, 6.45) is 0.375. The molecule has 146 valence electrons. The molecule has 0 spiro atoms. The molecule has 27 heavy (non-hydrogen) atoms. The van der Waals surface area contributed by atoms with Crippen molar-refractivity contribution < 1.29 is 22.0 Å². The molecule has 2 rings (SSSR count). The quantitative estimate of drug-likeness (QED) is 0.666. The summed E-state index contributed by atoms with van der Waals surface area (Å²) in [5.41, 5.74) is 0.820. The first-order valence-electron chi connectivity index (χ1n) is 7.84. The highest BCUT2D eigenvalue weighted by atomic mass is 35.5. The van der Waals surface area contributed by atoms with Gasteiger partial charge in [-0.25, -0.2) is 21.9 Å². The average Bonchev–Trinajstić information content (AvgIpc) is 2.59. The molecule has 0 radical (unpaired) electrons. The summed E-state index contributed by atoms with van der Waals surface area (Å²) in [6.45, 7) is 0.130. The molecule has 0 aliphatic rings. The van der Waals surface area contributed by atoms with Crippen LogP contribution in [0.5, 0.6) is 0 Å². The van der Waals surface area contributed by atoms with Crippen molar-refractivity contribution in [3.05, 3.63) is 63.6 Å². The summed E-state index contributed by atoms with van der Waals surface area (Å²) >= 11 is 11.8. The van der Waals surface area contributed by atoms with Crippen molar-refractivity contribution in [2.24, 2.45) is 0 Å². The molecule has 0 aliphatic carbocycles. The second-order valence-electron chi connectivity index (χ2n) is 5.56. The van der Waals surface area contributed by atoms with Gasteiger partial charge in [0.25, 0.3) is 0 Å². The van der Waals surface area contributed by atoms with E-state index in [1.54, 1.807) is 18.2 Å². The largest absolute Gasteiger partial charge is 0.356 e. The van der Waals surface area contributed by atoms with Crippen molar-refractivity contribution in [1.29, 1.82) is 0 Å². The molecule has 10 heteroatoms. The maximum Gasteiger partial charge on any atom is 0.240 e. The normalized spacial score (nSPS) is 11.4. The van der Waals surface area contributed by atoms with Gasteiger partial charge in [0.05, 0.1) is 4.90 Å². The Kier molecular flexibility index (Phi) is 7.55. The Balaban J connectivity index is 1.77. The Bertz CT molecular complexity index is 940. The standard InChI is InChI=1S/C17H16Cl2F2N2O3S/c18-12-2-1-11(14(19)9-12)5-7-22-17(24)6-8-23-27(25,26)13-3-4-15(20)16(21)10-13/h1-4,9-10,23H,5-8H2,(H,22,24). The number of sulfonamides is 1. The fourth-order valence-corrected chi connectivity index (χ4v) is 3.72. The minimum absolute atomic E-state index is 0.114. The predicted molar refractivity (Wildman–Crippen MR) is 99.3 cm³/mol. The van der Waals surface area contributed by atoms with Crippen LogP contribution < -0.4 is 10.0 Å². The third-order valence-corrected chi connectivity index (χ3v) is 5.62. The van der Waals surface area contributed by atoms with Gasteiger partial charge in [-0.2, -0.15) is 0 Å². The summed E-state index contributed by atoms with van der Waals surface area (Å²) in [4.78, 5) is 11.4. The Morgan fingerprint density at radius 2 is 1.74 bits per heavy atom. The molecule has 0 saturated heterocycles. The van der Waals surface area contributed by atoms with Gasteiger partial charge in [-0.1, -0.05) is 29.3 Å². The summed E-state index contributed by atoms with van der Waals surface area (Å²) in [5.74, 6) is -2.78. The van der Waals surface area contributed by atoms with Crippen LogP contribution in [0, 0.1) is 11.6 Å². The fourth-order valence-electron chi connectivity index (χ4n) is 2.18. The molecule has 1 amide bonds. The average molecular weight is 437 g/mol. The van der Waals surface area contributed by atoms with Gasteiger partial charge >= 0.3 is 0 Å². The number of benzene rings is 2. The molecule has 0 bridgehead atoms. The molecule has 2 aromatic rings. The minimum Gasteiger partial charge on any atom is -0.356 e. The molecule has 0 unspecified atom stereocenters. The molecule has 0 aromatic heterocycles.